The fraction of sp³-hybridized carbons (Fsp3) is 0.941. The summed E-state index contributed by atoms with van der Waals surface area (Å²) in [5.74, 6) is 0.900. The standard InChI is InChI=1S/C17H28O3/c1-11(18)20-14-6-8-17(19)10-16(14,4)7-5-12-13(17)9-15(12,2)3/h12-14,19H,5-10H2,1-4H3/t12?,13?,14?,16-,17+/m0/s1. The van der Waals surface area contributed by atoms with E-state index in [1.54, 1.807) is 0 Å². The number of fused-ring (bicyclic) bond motifs is 4. The molecule has 0 aromatic rings. The van der Waals surface area contributed by atoms with Crippen LogP contribution in [-0.2, 0) is 9.53 Å². The minimum Gasteiger partial charge on any atom is -0.462 e. The summed E-state index contributed by atoms with van der Waals surface area (Å²) in [6.45, 7) is 8.37. The molecule has 114 valence electrons. The Morgan fingerprint density at radius 1 is 1.15 bits per heavy atom. The first kappa shape index (κ1) is 14.4. The molecule has 0 amide bonds. The largest absolute Gasteiger partial charge is 0.462 e. The van der Waals surface area contributed by atoms with Gasteiger partial charge in [-0.3, -0.25) is 4.79 Å². The third kappa shape index (κ3) is 2.01. The Hall–Kier alpha value is -0.570. The van der Waals surface area contributed by atoms with Crippen molar-refractivity contribution in [3.8, 4) is 0 Å². The highest BCUT2D eigenvalue weighted by molar-refractivity contribution is 5.66. The van der Waals surface area contributed by atoms with Gasteiger partial charge in [-0.2, -0.15) is 0 Å². The molecule has 3 fully saturated rings. The number of rotatable bonds is 1. The first-order chi connectivity index (χ1) is 9.16. The first-order valence-corrected chi connectivity index (χ1v) is 8.06. The number of carbonyl (C=O) groups excluding carboxylic acids is 1. The van der Waals surface area contributed by atoms with Crippen LogP contribution in [0, 0.1) is 22.7 Å². The zero-order chi connectivity index (χ0) is 14.8. The zero-order valence-electron chi connectivity index (χ0n) is 13.2. The molecular weight excluding hydrogens is 252 g/mol. The fourth-order valence-electron chi connectivity index (χ4n) is 5.48. The molecule has 0 heterocycles. The Morgan fingerprint density at radius 3 is 2.45 bits per heavy atom. The Balaban J connectivity index is 1.87. The zero-order valence-corrected chi connectivity index (χ0v) is 13.2. The molecule has 1 N–H and O–H groups in total. The van der Waals surface area contributed by atoms with E-state index in [-0.39, 0.29) is 17.5 Å². The first-order valence-electron chi connectivity index (χ1n) is 8.06. The lowest BCUT2D eigenvalue weighted by molar-refractivity contribution is -0.188. The van der Waals surface area contributed by atoms with Gasteiger partial charge >= 0.3 is 5.97 Å². The van der Waals surface area contributed by atoms with Crippen molar-refractivity contribution in [2.45, 2.75) is 77.9 Å². The van der Waals surface area contributed by atoms with E-state index in [9.17, 15) is 9.90 Å². The number of aliphatic hydroxyl groups is 1. The average molecular weight is 280 g/mol. The minimum absolute atomic E-state index is 0.0131. The van der Waals surface area contributed by atoms with Crippen molar-refractivity contribution >= 4 is 5.97 Å². The maximum atomic E-state index is 11.3. The van der Waals surface area contributed by atoms with Crippen LogP contribution in [0.3, 0.4) is 0 Å². The molecule has 0 radical (unpaired) electrons. The molecule has 0 aliphatic heterocycles. The molecule has 0 saturated heterocycles. The molecule has 0 spiro atoms. The van der Waals surface area contributed by atoms with Gasteiger partial charge in [-0.15, -0.1) is 0 Å². The molecule has 3 aliphatic rings. The topological polar surface area (TPSA) is 46.5 Å². The fourth-order valence-corrected chi connectivity index (χ4v) is 5.48. The lowest BCUT2D eigenvalue weighted by Gasteiger charge is -2.58. The summed E-state index contributed by atoms with van der Waals surface area (Å²) in [5, 5.41) is 11.2. The summed E-state index contributed by atoms with van der Waals surface area (Å²) in [5.41, 5.74) is -0.209. The van der Waals surface area contributed by atoms with Crippen LogP contribution in [-0.4, -0.2) is 22.8 Å². The molecule has 0 aromatic carbocycles. The summed E-state index contributed by atoms with van der Waals surface area (Å²) in [6.07, 6.45) is 5.76. The van der Waals surface area contributed by atoms with E-state index in [1.165, 1.54) is 6.92 Å². The molecule has 2 bridgehead atoms. The predicted octanol–water partition coefficient (Wildman–Crippen LogP) is 3.30. The number of ether oxygens (including phenoxy) is 1. The van der Waals surface area contributed by atoms with Crippen molar-refractivity contribution in [3.63, 3.8) is 0 Å². The van der Waals surface area contributed by atoms with Crippen LogP contribution in [0.15, 0.2) is 0 Å². The highest BCUT2D eigenvalue weighted by Crippen LogP contribution is 2.64. The Morgan fingerprint density at radius 2 is 1.85 bits per heavy atom. The molecule has 3 heteroatoms. The van der Waals surface area contributed by atoms with Crippen molar-refractivity contribution in [3.05, 3.63) is 0 Å². The van der Waals surface area contributed by atoms with Crippen LogP contribution >= 0.6 is 0 Å². The van der Waals surface area contributed by atoms with Gasteiger partial charge in [0.05, 0.1) is 5.60 Å². The molecule has 0 aromatic heterocycles. The summed E-state index contributed by atoms with van der Waals surface area (Å²) in [7, 11) is 0. The van der Waals surface area contributed by atoms with E-state index in [0.29, 0.717) is 17.3 Å². The van der Waals surface area contributed by atoms with Crippen LogP contribution < -0.4 is 0 Å². The summed E-state index contributed by atoms with van der Waals surface area (Å²) in [4.78, 5) is 11.3. The van der Waals surface area contributed by atoms with E-state index in [2.05, 4.69) is 20.8 Å². The highest BCUT2D eigenvalue weighted by atomic mass is 16.5. The number of hydrogen-bond donors (Lipinski definition) is 1. The molecule has 3 nitrogen and oxygen atoms in total. The second-order valence-electron chi connectivity index (χ2n) is 8.52. The normalized spacial score (nSPS) is 49.5. The Bertz CT molecular complexity index is 430. The van der Waals surface area contributed by atoms with Crippen LogP contribution in [0.4, 0.5) is 0 Å². The summed E-state index contributed by atoms with van der Waals surface area (Å²) < 4.78 is 5.57. The van der Waals surface area contributed by atoms with Gasteiger partial charge in [0.2, 0.25) is 0 Å². The third-order valence-corrected chi connectivity index (χ3v) is 6.59. The van der Waals surface area contributed by atoms with E-state index >= 15 is 0 Å². The van der Waals surface area contributed by atoms with E-state index in [0.717, 1.165) is 38.5 Å². The maximum absolute atomic E-state index is 11.3. The van der Waals surface area contributed by atoms with Gasteiger partial charge in [-0.25, -0.2) is 0 Å². The second-order valence-corrected chi connectivity index (χ2v) is 8.52. The van der Waals surface area contributed by atoms with Crippen LogP contribution in [0.5, 0.6) is 0 Å². The third-order valence-electron chi connectivity index (χ3n) is 6.59. The number of carbonyl (C=O) groups is 1. The van der Waals surface area contributed by atoms with Gasteiger partial charge in [-0.1, -0.05) is 20.8 Å². The van der Waals surface area contributed by atoms with E-state index in [1.807, 2.05) is 0 Å². The van der Waals surface area contributed by atoms with Crippen LogP contribution in [0.1, 0.15) is 66.2 Å². The maximum Gasteiger partial charge on any atom is 0.302 e. The second kappa shape index (κ2) is 4.22. The van der Waals surface area contributed by atoms with Gasteiger partial charge in [0.1, 0.15) is 6.10 Å². The van der Waals surface area contributed by atoms with Crippen LogP contribution in [0.2, 0.25) is 0 Å². The molecule has 3 aliphatic carbocycles. The van der Waals surface area contributed by atoms with Crippen molar-refractivity contribution in [1.82, 2.24) is 0 Å². The van der Waals surface area contributed by atoms with Gasteiger partial charge in [-0.05, 0) is 55.8 Å². The Kier molecular flexibility index (Phi) is 3.03. The number of hydrogen-bond acceptors (Lipinski definition) is 3. The quantitative estimate of drug-likeness (QED) is 0.750. The van der Waals surface area contributed by atoms with Crippen LogP contribution in [0.25, 0.3) is 0 Å². The molecule has 3 unspecified atom stereocenters. The number of esters is 1. The smallest absolute Gasteiger partial charge is 0.302 e. The lowest BCUT2D eigenvalue weighted by atomic mass is 9.49. The molecule has 3 saturated carbocycles. The van der Waals surface area contributed by atoms with Gasteiger partial charge in [0.15, 0.2) is 0 Å². The predicted molar refractivity (Wildman–Crippen MR) is 77.1 cm³/mol. The molecular formula is C17H28O3. The van der Waals surface area contributed by atoms with Crippen molar-refractivity contribution < 1.29 is 14.6 Å². The monoisotopic (exact) mass is 280 g/mol. The lowest BCUT2D eigenvalue weighted by Crippen LogP contribution is -2.58. The SMILES string of the molecule is CC(=O)OC1CC[C@@]2(O)C[C@]1(C)CCC1C2CC1(C)C. The molecule has 5 atom stereocenters. The van der Waals surface area contributed by atoms with Crippen molar-refractivity contribution in [1.29, 1.82) is 0 Å². The Labute approximate surface area is 122 Å². The van der Waals surface area contributed by atoms with Gasteiger partial charge < -0.3 is 9.84 Å². The van der Waals surface area contributed by atoms with E-state index < -0.39 is 5.60 Å². The van der Waals surface area contributed by atoms with Crippen molar-refractivity contribution in [2.24, 2.45) is 22.7 Å². The highest BCUT2D eigenvalue weighted by Gasteiger charge is 2.62. The summed E-state index contributed by atoms with van der Waals surface area (Å²) >= 11 is 0. The van der Waals surface area contributed by atoms with Crippen molar-refractivity contribution in [2.75, 3.05) is 0 Å². The molecule has 3 rings (SSSR count). The van der Waals surface area contributed by atoms with Gasteiger partial charge in [0.25, 0.3) is 0 Å². The average Bonchev–Trinajstić information content (AvgIpc) is 2.37. The van der Waals surface area contributed by atoms with E-state index in [4.69, 9.17) is 4.74 Å². The minimum atomic E-state index is -0.526. The molecule has 20 heavy (non-hydrogen) atoms. The summed E-state index contributed by atoms with van der Waals surface area (Å²) in [6, 6.07) is 0. The van der Waals surface area contributed by atoms with Gasteiger partial charge in [0, 0.05) is 12.3 Å².